The van der Waals surface area contributed by atoms with Gasteiger partial charge < -0.3 is 5.11 Å². The van der Waals surface area contributed by atoms with Crippen LogP contribution in [0.1, 0.15) is 10.4 Å². The SMILES string of the molecule is O=C(CN1CCN(CCO)CC1)c1ccc(Cl)c(Cl)c1. The van der Waals surface area contributed by atoms with Crippen LogP contribution in [0.15, 0.2) is 18.2 Å². The monoisotopic (exact) mass is 316 g/mol. The first kappa shape index (κ1) is 15.7. The number of hydrogen-bond acceptors (Lipinski definition) is 4. The van der Waals surface area contributed by atoms with E-state index in [4.69, 9.17) is 28.3 Å². The molecule has 0 atom stereocenters. The summed E-state index contributed by atoms with van der Waals surface area (Å²) in [4.78, 5) is 16.5. The van der Waals surface area contributed by atoms with Crippen LogP contribution in [0, 0.1) is 0 Å². The Morgan fingerprint density at radius 1 is 1.10 bits per heavy atom. The van der Waals surface area contributed by atoms with E-state index in [0.29, 0.717) is 28.7 Å². The van der Waals surface area contributed by atoms with E-state index in [2.05, 4.69) is 9.80 Å². The number of halogens is 2. The molecule has 1 aliphatic rings. The lowest BCUT2D eigenvalue weighted by atomic mass is 10.1. The van der Waals surface area contributed by atoms with Crippen molar-refractivity contribution < 1.29 is 9.90 Å². The zero-order valence-electron chi connectivity index (χ0n) is 11.2. The van der Waals surface area contributed by atoms with Crippen molar-refractivity contribution in [3.8, 4) is 0 Å². The number of piperazine rings is 1. The molecule has 0 aliphatic carbocycles. The van der Waals surface area contributed by atoms with Crippen LogP contribution in [0.3, 0.4) is 0 Å². The number of carbonyl (C=O) groups is 1. The lowest BCUT2D eigenvalue weighted by Crippen LogP contribution is -2.48. The normalized spacial score (nSPS) is 17.4. The molecule has 1 saturated heterocycles. The lowest BCUT2D eigenvalue weighted by Gasteiger charge is -2.33. The third-order valence-corrected chi connectivity index (χ3v) is 4.23. The van der Waals surface area contributed by atoms with Crippen molar-refractivity contribution in [3.63, 3.8) is 0 Å². The molecule has 1 aromatic rings. The summed E-state index contributed by atoms with van der Waals surface area (Å²) in [6.45, 7) is 4.73. The van der Waals surface area contributed by atoms with E-state index in [-0.39, 0.29) is 12.4 Å². The smallest absolute Gasteiger partial charge is 0.176 e. The van der Waals surface area contributed by atoms with Crippen LogP contribution in [0.2, 0.25) is 10.0 Å². The highest BCUT2D eigenvalue weighted by Gasteiger charge is 2.19. The zero-order valence-corrected chi connectivity index (χ0v) is 12.7. The predicted octanol–water partition coefficient (Wildman–Crippen LogP) is 1.79. The topological polar surface area (TPSA) is 43.8 Å². The summed E-state index contributed by atoms with van der Waals surface area (Å²) in [5.74, 6) is 0.0548. The first-order valence-corrected chi connectivity index (χ1v) is 7.39. The van der Waals surface area contributed by atoms with E-state index in [1.807, 2.05) is 0 Å². The number of hydrogen-bond donors (Lipinski definition) is 1. The number of β-amino-alcohol motifs (C(OH)–C–C–N with tert-alkyl or cyclic N) is 1. The molecule has 0 spiro atoms. The molecule has 0 amide bonds. The van der Waals surface area contributed by atoms with Gasteiger partial charge in [0.2, 0.25) is 0 Å². The Morgan fingerprint density at radius 3 is 2.35 bits per heavy atom. The number of aliphatic hydroxyl groups is 1. The Morgan fingerprint density at radius 2 is 1.75 bits per heavy atom. The fourth-order valence-electron chi connectivity index (χ4n) is 2.28. The van der Waals surface area contributed by atoms with E-state index >= 15 is 0 Å². The molecule has 110 valence electrons. The fraction of sp³-hybridized carbons (Fsp3) is 0.500. The molecule has 0 unspecified atom stereocenters. The average Bonchev–Trinajstić information content (AvgIpc) is 2.44. The number of rotatable bonds is 5. The molecule has 0 aromatic heterocycles. The number of ketones is 1. The summed E-state index contributed by atoms with van der Waals surface area (Å²) in [6, 6.07) is 4.98. The van der Waals surface area contributed by atoms with Crippen LogP contribution < -0.4 is 0 Å². The van der Waals surface area contributed by atoms with Crippen molar-refractivity contribution in [1.29, 1.82) is 0 Å². The number of Topliss-reactive ketones (excluding diaryl/α,β-unsaturated/α-hetero) is 1. The van der Waals surface area contributed by atoms with Crippen molar-refractivity contribution in [2.75, 3.05) is 45.9 Å². The summed E-state index contributed by atoms with van der Waals surface area (Å²) in [7, 11) is 0. The quantitative estimate of drug-likeness (QED) is 0.841. The van der Waals surface area contributed by atoms with Gasteiger partial charge in [-0.15, -0.1) is 0 Å². The van der Waals surface area contributed by atoms with Gasteiger partial charge in [-0.3, -0.25) is 14.6 Å². The van der Waals surface area contributed by atoms with Crippen molar-refractivity contribution >= 4 is 29.0 Å². The van der Waals surface area contributed by atoms with Gasteiger partial charge in [0.05, 0.1) is 23.2 Å². The molecule has 1 aromatic carbocycles. The van der Waals surface area contributed by atoms with Crippen LogP contribution in [0.4, 0.5) is 0 Å². The largest absolute Gasteiger partial charge is 0.395 e. The summed E-state index contributed by atoms with van der Waals surface area (Å²) < 4.78 is 0. The highest BCUT2D eigenvalue weighted by molar-refractivity contribution is 6.42. The second-order valence-electron chi connectivity index (χ2n) is 4.89. The van der Waals surface area contributed by atoms with E-state index in [9.17, 15) is 4.79 Å². The van der Waals surface area contributed by atoms with Gasteiger partial charge in [-0.1, -0.05) is 23.2 Å². The molecular formula is C14H18Cl2N2O2. The highest BCUT2D eigenvalue weighted by Crippen LogP contribution is 2.22. The van der Waals surface area contributed by atoms with E-state index in [0.717, 1.165) is 26.2 Å². The molecule has 0 bridgehead atoms. The molecule has 6 heteroatoms. The van der Waals surface area contributed by atoms with Crippen LogP contribution in [-0.4, -0.2) is 66.6 Å². The Balaban J connectivity index is 1.87. The second kappa shape index (κ2) is 7.38. The first-order chi connectivity index (χ1) is 9.60. The van der Waals surface area contributed by atoms with Crippen molar-refractivity contribution in [3.05, 3.63) is 33.8 Å². The maximum atomic E-state index is 12.2. The molecule has 20 heavy (non-hydrogen) atoms. The maximum Gasteiger partial charge on any atom is 0.176 e. The summed E-state index contributed by atoms with van der Waals surface area (Å²) in [5.41, 5.74) is 0.595. The van der Waals surface area contributed by atoms with Crippen LogP contribution in [0.5, 0.6) is 0 Å². The maximum absolute atomic E-state index is 12.2. The Kier molecular flexibility index (Phi) is 5.81. The predicted molar refractivity (Wildman–Crippen MR) is 80.8 cm³/mol. The molecule has 4 nitrogen and oxygen atoms in total. The number of benzene rings is 1. The Bertz CT molecular complexity index is 474. The summed E-state index contributed by atoms with van der Waals surface area (Å²) >= 11 is 11.8. The van der Waals surface area contributed by atoms with Gasteiger partial charge in [-0.05, 0) is 18.2 Å². The van der Waals surface area contributed by atoms with Gasteiger partial charge in [-0.2, -0.15) is 0 Å². The van der Waals surface area contributed by atoms with Crippen LogP contribution in [-0.2, 0) is 0 Å². The third-order valence-electron chi connectivity index (χ3n) is 3.49. The van der Waals surface area contributed by atoms with Gasteiger partial charge in [-0.25, -0.2) is 0 Å². The molecule has 1 aliphatic heterocycles. The van der Waals surface area contributed by atoms with Gasteiger partial charge in [0.25, 0.3) is 0 Å². The third kappa shape index (κ3) is 4.17. The van der Waals surface area contributed by atoms with E-state index in [1.54, 1.807) is 18.2 Å². The molecular weight excluding hydrogens is 299 g/mol. The molecule has 0 saturated carbocycles. The number of aliphatic hydroxyl groups excluding tert-OH is 1. The van der Waals surface area contributed by atoms with Gasteiger partial charge in [0.1, 0.15) is 0 Å². The van der Waals surface area contributed by atoms with Crippen LogP contribution in [0.25, 0.3) is 0 Å². The summed E-state index contributed by atoms with van der Waals surface area (Å²) in [6.07, 6.45) is 0. The van der Waals surface area contributed by atoms with Gasteiger partial charge >= 0.3 is 0 Å². The lowest BCUT2D eigenvalue weighted by molar-refractivity contribution is 0.0822. The number of carbonyl (C=O) groups excluding carboxylic acids is 1. The second-order valence-corrected chi connectivity index (χ2v) is 5.71. The van der Waals surface area contributed by atoms with Crippen LogP contribution >= 0.6 is 23.2 Å². The van der Waals surface area contributed by atoms with E-state index in [1.165, 1.54) is 0 Å². The van der Waals surface area contributed by atoms with Crippen molar-refractivity contribution in [2.24, 2.45) is 0 Å². The molecule has 1 N–H and O–H groups in total. The highest BCUT2D eigenvalue weighted by atomic mass is 35.5. The van der Waals surface area contributed by atoms with Gasteiger partial charge in [0, 0.05) is 38.3 Å². The minimum atomic E-state index is 0.0548. The van der Waals surface area contributed by atoms with Crippen molar-refractivity contribution in [1.82, 2.24) is 9.80 Å². The average molecular weight is 317 g/mol. The van der Waals surface area contributed by atoms with Gasteiger partial charge in [0.15, 0.2) is 5.78 Å². The van der Waals surface area contributed by atoms with Crippen molar-refractivity contribution in [2.45, 2.75) is 0 Å². The minimum absolute atomic E-state index is 0.0548. The minimum Gasteiger partial charge on any atom is -0.395 e. The molecule has 0 radical (unpaired) electrons. The molecule has 2 rings (SSSR count). The molecule has 1 heterocycles. The standard InChI is InChI=1S/C14H18Cl2N2O2/c15-12-2-1-11(9-13(12)16)14(20)10-18-5-3-17(4-6-18)7-8-19/h1-2,9,19H,3-8,10H2. The zero-order chi connectivity index (χ0) is 14.5. The number of nitrogens with zero attached hydrogens (tertiary/aromatic N) is 2. The Labute approximate surface area is 128 Å². The fourth-order valence-corrected chi connectivity index (χ4v) is 2.57. The molecule has 1 fully saturated rings. The summed E-state index contributed by atoms with van der Waals surface area (Å²) in [5, 5.41) is 9.76. The Hall–Kier alpha value is -0.650. The van der Waals surface area contributed by atoms with E-state index < -0.39 is 0 Å². The first-order valence-electron chi connectivity index (χ1n) is 6.64.